The SMILES string of the molecule is CCCCCCCCCCCCCCCCCC[N+](C)(C)CC(=O)O[C@@H]1C[C@H]2CC[C@@]1(C)C2(C)C. The summed E-state index contributed by atoms with van der Waals surface area (Å²) in [5, 5.41) is 0. The van der Waals surface area contributed by atoms with Crippen LogP contribution in [0.2, 0.25) is 0 Å². The Morgan fingerprint density at radius 2 is 1.23 bits per heavy atom. The smallest absolute Gasteiger partial charge is 0.362 e. The van der Waals surface area contributed by atoms with Crippen molar-refractivity contribution < 1.29 is 14.0 Å². The molecule has 0 aromatic carbocycles. The first-order chi connectivity index (χ1) is 16.6. The first kappa shape index (κ1) is 30.7. The number of fused-ring (bicyclic) bond motifs is 2. The summed E-state index contributed by atoms with van der Waals surface area (Å²) in [4.78, 5) is 12.8. The number of esters is 1. The number of unbranched alkanes of at least 4 members (excludes halogenated alkanes) is 15. The van der Waals surface area contributed by atoms with Crippen LogP contribution < -0.4 is 0 Å². The summed E-state index contributed by atoms with van der Waals surface area (Å²) in [5.41, 5.74) is 0.466. The highest BCUT2D eigenvalue weighted by atomic mass is 16.5. The number of carbonyl (C=O) groups excluding carboxylic acids is 1. The zero-order valence-corrected chi connectivity index (χ0v) is 24.8. The van der Waals surface area contributed by atoms with Gasteiger partial charge in [-0.15, -0.1) is 0 Å². The number of hydrogen-bond acceptors (Lipinski definition) is 2. The van der Waals surface area contributed by atoms with Gasteiger partial charge in [0.15, 0.2) is 6.54 Å². The molecular formula is C32H62NO2+. The summed E-state index contributed by atoms with van der Waals surface area (Å²) in [6.45, 7) is 11.0. The fourth-order valence-electron chi connectivity index (χ4n) is 7.02. The first-order valence-electron chi connectivity index (χ1n) is 15.6. The molecule has 0 amide bonds. The number of nitrogens with zero attached hydrogens (tertiary/aromatic N) is 1. The van der Waals surface area contributed by atoms with Crippen LogP contribution in [0.4, 0.5) is 0 Å². The molecule has 0 unspecified atom stereocenters. The molecular weight excluding hydrogens is 430 g/mol. The fraction of sp³-hybridized carbons (Fsp3) is 0.969. The molecule has 0 N–H and O–H groups in total. The number of hydrogen-bond donors (Lipinski definition) is 0. The zero-order valence-electron chi connectivity index (χ0n) is 24.8. The molecule has 2 aliphatic rings. The topological polar surface area (TPSA) is 26.3 Å². The molecule has 3 heteroatoms. The molecule has 0 aromatic rings. The summed E-state index contributed by atoms with van der Waals surface area (Å²) >= 11 is 0. The minimum atomic E-state index is 0.0149. The number of likely N-dealkylation sites (N-methyl/N-ethyl adjacent to an activating group) is 1. The highest BCUT2D eigenvalue weighted by Crippen LogP contribution is 2.66. The van der Waals surface area contributed by atoms with Gasteiger partial charge in [-0.3, -0.25) is 0 Å². The van der Waals surface area contributed by atoms with Crippen LogP contribution in [-0.2, 0) is 9.53 Å². The first-order valence-corrected chi connectivity index (χ1v) is 15.6. The molecule has 0 spiro atoms. The summed E-state index contributed by atoms with van der Waals surface area (Å²) in [6.07, 6.45) is 26.1. The van der Waals surface area contributed by atoms with Crippen molar-refractivity contribution in [1.82, 2.24) is 0 Å². The van der Waals surface area contributed by atoms with Gasteiger partial charge in [0.05, 0.1) is 20.6 Å². The van der Waals surface area contributed by atoms with Crippen molar-refractivity contribution in [3.8, 4) is 0 Å². The zero-order chi connectivity index (χ0) is 25.8. The van der Waals surface area contributed by atoms with E-state index in [0.29, 0.717) is 12.0 Å². The van der Waals surface area contributed by atoms with Crippen molar-refractivity contribution in [3.63, 3.8) is 0 Å². The summed E-state index contributed by atoms with van der Waals surface area (Å²) in [5.74, 6) is 0.735. The number of rotatable bonds is 20. The molecule has 2 bridgehead atoms. The molecule has 2 saturated carbocycles. The van der Waals surface area contributed by atoms with E-state index in [1.165, 1.54) is 116 Å². The minimum Gasteiger partial charge on any atom is -0.458 e. The Bertz CT molecular complexity index is 598. The van der Waals surface area contributed by atoms with E-state index < -0.39 is 0 Å². The summed E-state index contributed by atoms with van der Waals surface area (Å²) in [7, 11) is 4.39. The van der Waals surface area contributed by atoms with E-state index in [4.69, 9.17) is 4.74 Å². The highest BCUT2D eigenvalue weighted by molar-refractivity contribution is 5.71. The third-order valence-corrected chi connectivity index (χ3v) is 10.2. The third kappa shape index (κ3) is 9.67. The normalized spacial score (nSPS) is 25.3. The van der Waals surface area contributed by atoms with Crippen molar-refractivity contribution in [2.24, 2.45) is 16.7 Å². The molecule has 3 atom stereocenters. The van der Waals surface area contributed by atoms with Crippen LogP contribution in [0, 0.1) is 16.7 Å². The molecule has 35 heavy (non-hydrogen) atoms. The van der Waals surface area contributed by atoms with Crippen molar-refractivity contribution >= 4 is 5.97 Å². The van der Waals surface area contributed by atoms with Gasteiger partial charge in [0.1, 0.15) is 6.10 Å². The molecule has 3 nitrogen and oxygen atoms in total. The molecule has 206 valence electrons. The Labute approximate surface area is 219 Å². The largest absolute Gasteiger partial charge is 0.458 e. The Morgan fingerprint density at radius 1 is 0.771 bits per heavy atom. The van der Waals surface area contributed by atoms with Crippen LogP contribution in [0.25, 0.3) is 0 Å². The Morgan fingerprint density at radius 3 is 1.63 bits per heavy atom. The summed E-state index contributed by atoms with van der Waals surface area (Å²) in [6, 6.07) is 0. The van der Waals surface area contributed by atoms with Crippen LogP contribution in [-0.4, -0.2) is 43.7 Å². The van der Waals surface area contributed by atoms with Gasteiger partial charge in [-0.1, -0.05) is 118 Å². The number of carbonyl (C=O) groups is 1. The Balaban J connectivity index is 1.43. The molecule has 2 rings (SSSR count). The Kier molecular flexibility index (Phi) is 13.1. The minimum absolute atomic E-state index is 0.0149. The molecule has 2 fully saturated rings. The lowest BCUT2D eigenvalue weighted by molar-refractivity contribution is -0.883. The van der Waals surface area contributed by atoms with Gasteiger partial charge in [0, 0.05) is 5.41 Å². The van der Waals surface area contributed by atoms with Gasteiger partial charge in [-0.25, -0.2) is 4.79 Å². The van der Waals surface area contributed by atoms with Crippen LogP contribution in [0.5, 0.6) is 0 Å². The van der Waals surface area contributed by atoms with Crippen molar-refractivity contribution in [1.29, 1.82) is 0 Å². The van der Waals surface area contributed by atoms with E-state index in [2.05, 4.69) is 41.8 Å². The van der Waals surface area contributed by atoms with Crippen LogP contribution in [0.3, 0.4) is 0 Å². The van der Waals surface area contributed by atoms with E-state index in [1.54, 1.807) is 0 Å². The lowest BCUT2D eigenvalue weighted by Crippen LogP contribution is -2.47. The third-order valence-electron chi connectivity index (χ3n) is 10.2. The van der Waals surface area contributed by atoms with Gasteiger partial charge >= 0.3 is 5.97 Å². The molecule has 2 aliphatic carbocycles. The van der Waals surface area contributed by atoms with E-state index in [9.17, 15) is 4.79 Å². The highest BCUT2D eigenvalue weighted by Gasteiger charge is 2.62. The average molecular weight is 493 g/mol. The molecule has 0 radical (unpaired) electrons. The fourth-order valence-corrected chi connectivity index (χ4v) is 7.02. The van der Waals surface area contributed by atoms with Gasteiger partial charge in [-0.05, 0) is 43.4 Å². The van der Waals surface area contributed by atoms with Crippen molar-refractivity contribution in [3.05, 3.63) is 0 Å². The van der Waals surface area contributed by atoms with Crippen LogP contribution in [0.15, 0.2) is 0 Å². The quantitative estimate of drug-likeness (QED) is 0.0962. The molecule has 0 heterocycles. The predicted octanol–water partition coefficient (Wildman–Crippen LogP) is 9.08. The molecule has 0 aliphatic heterocycles. The van der Waals surface area contributed by atoms with E-state index in [0.717, 1.165) is 23.4 Å². The van der Waals surface area contributed by atoms with E-state index in [1.807, 2.05) is 0 Å². The summed E-state index contributed by atoms with van der Waals surface area (Å²) < 4.78 is 6.86. The van der Waals surface area contributed by atoms with Crippen molar-refractivity contribution in [2.75, 3.05) is 27.2 Å². The maximum Gasteiger partial charge on any atom is 0.362 e. The van der Waals surface area contributed by atoms with Crippen LogP contribution in [0.1, 0.15) is 150 Å². The lowest BCUT2D eigenvalue weighted by Gasteiger charge is -2.39. The maximum absolute atomic E-state index is 12.8. The Hall–Kier alpha value is -0.570. The maximum atomic E-state index is 12.8. The second kappa shape index (κ2) is 15.0. The molecule has 0 aromatic heterocycles. The molecule has 0 saturated heterocycles. The lowest BCUT2D eigenvalue weighted by atomic mass is 9.70. The number of quaternary nitrogens is 1. The predicted molar refractivity (Wildman–Crippen MR) is 150 cm³/mol. The van der Waals surface area contributed by atoms with Crippen LogP contribution >= 0.6 is 0 Å². The number of ether oxygens (including phenoxy) is 1. The van der Waals surface area contributed by atoms with E-state index >= 15 is 0 Å². The monoisotopic (exact) mass is 492 g/mol. The second-order valence-corrected chi connectivity index (χ2v) is 13.7. The van der Waals surface area contributed by atoms with Gasteiger partial charge in [0.2, 0.25) is 0 Å². The van der Waals surface area contributed by atoms with Crippen molar-refractivity contribution in [2.45, 2.75) is 156 Å². The van der Waals surface area contributed by atoms with Gasteiger partial charge in [-0.2, -0.15) is 0 Å². The van der Waals surface area contributed by atoms with E-state index in [-0.39, 0.29) is 17.5 Å². The standard InChI is InChI=1S/C32H62NO2/c1-7-8-9-10-11-12-13-14-15-16-17-18-19-20-21-22-25-33(5,6)27-30(34)35-29-26-28-23-24-32(29,4)31(28,2)3/h28-29H,7-27H2,1-6H3/q+1/t28-,29-,32-/m1/s1. The van der Waals surface area contributed by atoms with Gasteiger partial charge in [0.25, 0.3) is 0 Å². The average Bonchev–Trinajstić information content (AvgIpc) is 3.12. The van der Waals surface area contributed by atoms with Gasteiger partial charge < -0.3 is 9.22 Å². The second-order valence-electron chi connectivity index (χ2n) is 13.7.